The van der Waals surface area contributed by atoms with Crippen molar-refractivity contribution in [2.45, 2.75) is 38.0 Å². The molecule has 0 bridgehead atoms. The molecule has 0 saturated carbocycles. The number of fused-ring (bicyclic) bond motifs is 1. The van der Waals surface area contributed by atoms with E-state index in [9.17, 15) is 18.0 Å². The minimum atomic E-state index is -3.91. The van der Waals surface area contributed by atoms with E-state index in [-0.39, 0.29) is 28.7 Å². The van der Waals surface area contributed by atoms with Gasteiger partial charge in [-0.1, -0.05) is 26.0 Å². The molecule has 0 saturated heterocycles. The topological polar surface area (TPSA) is 132 Å². The fraction of sp³-hybridized carbons (Fsp3) is 0.286. The lowest BCUT2D eigenvalue weighted by Crippen LogP contribution is -2.43. The fourth-order valence-electron chi connectivity index (χ4n) is 3.84. The molecule has 2 amide bonds. The van der Waals surface area contributed by atoms with Gasteiger partial charge < -0.3 is 14.2 Å². The van der Waals surface area contributed by atoms with Crippen LogP contribution in [0.5, 0.6) is 17.2 Å². The van der Waals surface area contributed by atoms with Gasteiger partial charge in [0.05, 0.1) is 18.1 Å². The van der Waals surface area contributed by atoms with Gasteiger partial charge in [0.1, 0.15) is 5.75 Å². The molecule has 0 spiro atoms. The molecule has 3 N–H and O–H groups in total. The number of anilines is 1. The van der Waals surface area contributed by atoms with Crippen LogP contribution in [-0.2, 0) is 14.8 Å². The van der Waals surface area contributed by atoms with E-state index in [1.807, 2.05) is 39.0 Å². The molecule has 11 heteroatoms. The minimum Gasteiger partial charge on any atom is -0.490 e. The molecule has 3 aromatic rings. The van der Waals surface area contributed by atoms with Gasteiger partial charge in [0.25, 0.3) is 21.8 Å². The number of carbonyl (C=O) groups is 2. The molecule has 206 valence electrons. The monoisotopic (exact) mass is 553 g/mol. The van der Waals surface area contributed by atoms with Gasteiger partial charge in [-0.3, -0.25) is 25.2 Å². The number of amides is 2. The van der Waals surface area contributed by atoms with E-state index in [4.69, 9.17) is 14.2 Å². The molecular weight excluding hydrogens is 522 g/mol. The summed E-state index contributed by atoms with van der Waals surface area (Å²) in [5.74, 6) is 0.612. The third-order valence-corrected chi connectivity index (χ3v) is 7.27. The molecule has 39 heavy (non-hydrogen) atoms. The number of rotatable bonds is 8. The van der Waals surface area contributed by atoms with Crippen LogP contribution in [0.15, 0.2) is 65.6 Å². The summed E-state index contributed by atoms with van der Waals surface area (Å²) < 4.78 is 45.0. The lowest BCUT2D eigenvalue weighted by atomic mass is 10.0. The van der Waals surface area contributed by atoms with E-state index < -0.39 is 21.8 Å². The normalized spacial score (nSPS) is 12.8. The van der Waals surface area contributed by atoms with Crippen LogP contribution < -0.4 is 29.8 Å². The average Bonchev–Trinajstić information content (AvgIpc) is 3.15. The summed E-state index contributed by atoms with van der Waals surface area (Å²) in [6, 6.07) is 16.0. The Bertz CT molecular complexity index is 1450. The molecule has 1 aliphatic rings. The molecule has 10 nitrogen and oxygen atoms in total. The van der Waals surface area contributed by atoms with E-state index in [1.165, 1.54) is 36.4 Å². The zero-order chi connectivity index (χ0) is 28.0. The number of ether oxygens (including phenoxy) is 3. The lowest BCUT2D eigenvalue weighted by Gasteiger charge is -2.15. The van der Waals surface area contributed by atoms with Crippen LogP contribution >= 0.6 is 0 Å². The Morgan fingerprint density at radius 1 is 0.923 bits per heavy atom. The van der Waals surface area contributed by atoms with Crippen LogP contribution in [0.25, 0.3) is 0 Å². The van der Waals surface area contributed by atoms with Crippen molar-refractivity contribution in [3.05, 3.63) is 77.4 Å². The SMILES string of the molecule is Cc1ccc(C(C)C)c(OCC(=O)NNC(=O)c2ccc(NS(=O)(=O)c3ccc4c(c3)OCCCO4)cc2)c1. The van der Waals surface area contributed by atoms with Gasteiger partial charge >= 0.3 is 0 Å². The zero-order valence-electron chi connectivity index (χ0n) is 21.9. The van der Waals surface area contributed by atoms with Gasteiger partial charge in [-0.15, -0.1) is 0 Å². The second kappa shape index (κ2) is 12.1. The van der Waals surface area contributed by atoms with E-state index in [1.54, 1.807) is 6.07 Å². The Morgan fingerprint density at radius 2 is 1.64 bits per heavy atom. The number of nitrogens with one attached hydrogen (secondary N) is 3. The maximum atomic E-state index is 12.9. The summed E-state index contributed by atoms with van der Waals surface area (Å²) >= 11 is 0. The molecule has 1 heterocycles. The Balaban J connectivity index is 1.31. The van der Waals surface area contributed by atoms with Crippen molar-refractivity contribution < 1.29 is 32.2 Å². The minimum absolute atomic E-state index is 0.0182. The first-order valence-electron chi connectivity index (χ1n) is 12.5. The number of carbonyl (C=O) groups excluding carboxylic acids is 2. The molecule has 3 aromatic carbocycles. The molecule has 0 atom stereocenters. The third kappa shape index (κ3) is 7.20. The highest BCUT2D eigenvalue weighted by Crippen LogP contribution is 2.32. The predicted octanol–water partition coefficient (Wildman–Crippen LogP) is 3.92. The molecular formula is C28H31N3O7S. The third-order valence-electron chi connectivity index (χ3n) is 5.89. The summed E-state index contributed by atoms with van der Waals surface area (Å²) in [6.45, 7) is 6.67. The summed E-state index contributed by atoms with van der Waals surface area (Å²) in [7, 11) is -3.91. The van der Waals surface area contributed by atoms with Crippen molar-refractivity contribution in [2.75, 3.05) is 24.5 Å². The van der Waals surface area contributed by atoms with Gasteiger partial charge in [0.15, 0.2) is 18.1 Å². The number of hydrogen-bond acceptors (Lipinski definition) is 7. The zero-order valence-corrected chi connectivity index (χ0v) is 22.8. The standard InChI is InChI=1S/C28H31N3O7S/c1-18(2)23-11-5-19(3)15-25(23)38-17-27(32)29-30-28(33)20-6-8-21(9-7-20)31-39(34,35)22-10-12-24-26(16-22)37-14-4-13-36-24/h5-12,15-16,18,31H,4,13-14,17H2,1-3H3,(H,29,32)(H,30,33). The van der Waals surface area contributed by atoms with E-state index in [0.29, 0.717) is 36.9 Å². The summed E-state index contributed by atoms with van der Waals surface area (Å²) in [5, 5.41) is 0. The van der Waals surface area contributed by atoms with Crippen LogP contribution in [0.1, 0.15) is 47.7 Å². The Kier molecular flexibility index (Phi) is 8.60. The lowest BCUT2D eigenvalue weighted by molar-refractivity contribution is -0.123. The molecule has 0 fully saturated rings. The van der Waals surface area contributed by atoms with Crippen molar-refractivity contribution in [3.8, 4) is 17.2 Å². The van der Waals surface area contributed by atoms with Crippen LogP contribution in [0.4, 0.5) is 5.69 Å². The maximum absolute atomic E-state index is 12.9. The smallest absolute Gasteiger partial charge is 0.276 e. The highest BCUT2D eigenvalue weighted by molar-refractivity contribution is 7.92. The van der Waals surface area contributed by atoms with Crippen molar-refractivity contribution in [3.63, 3.8) is 0 Å². The molecule has 0 unspecified atom stereocenters. The average molecular weight is 554 g/mol. The van der Waals surface area contributed by atoms with Gasteiger partial charge in [0.2, 0.25) is 0 Å². The van der Waals surface area contributed by atoms with Crippen molar-refractivity contribution in [2.24, 2.45) is 0 Å². The van der Waals surface area contributed by atoms with Crippen LogP contribution in [-0.4, -0.2) is 40.1 Å². The van der Waals surface area contributed by atoms with Gasteiger partial charge in [-0.2, -0.15) is 0 Å². The first-order chi connectivity index (χ1) is 18.6. The predicted molar refractivity (Wildman–Crippen MR) is 146 cm³/mol. The molecule has 4 rings (SSSR count). The quantitative estimate of drug-likeness (QED) is 0.360. The van der Waals surface area contributed by atoms with E-state index in [2.05, 4.69) is 15.6 Å². The van der Waals surface area contributed by atoms with E-state index in [0.717, 1.165) is 11.1 Å². The second-order valence-electron chi connectivity index (χ2n) is 9.33. The van der Waals surface area contributed by atoms with Crippen molar-refractivity contribution in [1.29, 1.82) is 0 Å². The Hall–Kier alpha value is -4.25. The van der Waals surface area contributed by atoms with E-state index >= 15 is 0 Å². The van der Waals surface area contributed by atoms with Crippen LogP contribution in [0.3, 0.4) is 0 Å². The summed E-state index contributed by atoms with van der Waals surface area (Å²) in [4.78, 5) is 24.7. The number of hydrazine groups is 1. The molecule has 0 aliphatic carbocycles. The van der Waals surface area contributed by atoms with Crippen LogP contribution in [0.2, 0.25) is 0 Å². The molecule has 1 aliphatic heterocycles. The van der Waals surface area contributed by atoms with Gasteiger partial charge in [-0.05, 0) is 66.4 Å². The number of hydrogen-bond donors (Lipinski definition) is 3. The Labute approximate surface area is 227 Å². The number of benzene rings is 3. The first-order valence-corrected chi connectivity index (χ1v) is 14.0. The van der Waals surface area contributed by atoms with Crippen molar-refractivity contribution in [1.82, 2.24) is 10.9 Å². The maximum Gasteiger partial charge on any atom is 0.276 e. The number of aryl methyl sites for hydroxylation is 1. The fourth-order valence-corrected chi connectivity index (χ4v) is 4.91. The highest BCUT2D eigenvalue weighted by Gasteiger charge is 2.19. The Morgan fingerprint density at radius 3 is 2.36 bits per heavy atom. The number of sulfonamides is 1. The highest BCUT2D eigenvalue weighted by atomic mass is 32.2. The molecule has 0 aromatic heterocycles. The first kappa shape index (κ1) is 27.8. The second-order valence-corrected chi connectivity index (χ2v) is 11.0. The van der Waals surface area contributed by atoms with Gasteiger partial charge in [0, 0.05) is 23.7 Å². The van der Waals surface area contributed by atoms with Crippen molar-refractivity contribution >= 4 is 27.5 Å². The van der Waals surface area contributed by atoms with Gasteiger partial charge in [-0.25, -0.2) is 8.42 Å². The molecule has 0 radical (unpaired) electrons. The van der Waals surface area contributed by atoms with Crippen LogP contribution in [0, 0.1) is 6.92 Å². The summed E-state index contributed by atoms with van der Waals surface area (Å²) in [5.41, 5.74) is 7.12. The summed E-state index contributed by atoms with van der Waals surface area (Å²) in [6.07, 6.45) is 0.707. The largest absolute Gasteiger partial charge is 0.490 e.